The van der Waals surface area contributed by atoms with Crippen LogP contribution in [0.25, 0.3) is 0 Å². The van der Waals surface area contributed by atoms with E-state index in [2.05, 4.69) is 72.3 Å². The van der Waals surface area contributed by atoms with Gasteiger partial charge in [0, 0.05) is 19.4 Å². The first-order valence-corrected chi connectivity index (χ1v) is 29.5. The summed E-state index contributed by atoms with van der Waals surface area (Å²) < 4.78 is 0. The Labute approximate surface area is 498 Å². The first kappa shape index (κ1) is 74.2. The van der Waals surface area contributed by atoms with Crippen LogP contribution in [0.3, 0.4) is 0 Å². The lowest BCUT2D eigenvalue weighted by Crippen LogP contribution is -2.62. The highest BCUT2D eigenvalue weighted by Crippen LogP contribution is 2.14. The predicted molar refractivity (Wildman–Crippen MR) is 316 cm³/mol. The Hall–Kier alpha value is -6.89. The minimum Gasteiger partial charge on any atom is -0.391 e. The van der Waals surface area contributed by atoms with Gasteiger partial charge in [-0.15, -0.1) is 0 Å². The molecule has 13 atom stereocenters. The fourth-order valence-electron chi connectivity index (χ4n) is 9.12. The molecule has 1 aromatic carbocycles. The molecule has 1 aliphatic rings. The van der Waals surface area contributed by atoms with Crippen molar-refractivity contribution in [1.82, 2.24) is 58.5 Å². The molecule has 1 aliphatic heterocycles. The highest BCUT2D eigenvalue weighted by Gasteiger charge is 2.37. The molecular weight excluding hydrogens is 1100 g/mol. The summed E-state index contributed by atoms with van der Waals surface area (Å²) in [5.41, 5.74) is 29.9. The van der Waals surface area contributed by atoms with Gasteiger partial charge in [-0.3, -0.25) is 52.7 Å². The van der Waals surface area contributed by atoms with Crippen molar-refractivity contribution < 1.29 is 63.0 Å². The van der Waals surface area contributed by atoms with Crippen LogP contribution < -0.4 is 87.2 Å². The van der Waals surface area contributed by atoms with Gasteiger partial charge in [-0.2, -0.15) is 0 Å². The van der Waals surface area contributed by atoms with Gasteiger partial charge >= 0.3 is 0 Å². The lowest BCUT2D eigenvalue weighted by Gasteiger charge is -2.29. The number of carbonyl (C=O) groups is 11. The molecule has 0 saturated carbocycles. The van der Waals surface area contributed by atoms with Crippen molar-refractivity contribution in [3.8, 4) is 0 Å². The summed E-state index contributed by atoms with van der Waals surface area (Å²) in [4.78, 5) is 154. The summed E-state index contributed by atoms with van der Waals surface area (Å²) in [5, 5.41) is 49.7. The molecule has 11 amide bonds. The van der Waals surface area contributed by atoms with E-state index in [1.54, 1.807) is 44.2 Å². The zero-order chi connectivity index (χ0) is 63.8. The first-order valence-electron chi connectivity index (χ1n) is 29.5. The summed E-state index contributed by atoms with van der Waals surface area (Å²) in [6, 6.07) is -6.23. The van der Waals surface area contributed by atoms with E-state index in [-0.39, 0.29) is 90.0 Å². The molecule has 85 heavy (non-hydrogen) atoms. The summed E-state index contributed by atoms with van der Waals surface area (Å²) in [6.45, 7) is 9.00. The third kappa shape index (κ3) is 26.9. The second kappa shape index (κ2) is 39.7. The van der Waals surface area contributed by atoms with Crippen molar-refractivity contribution >= 4 is 65.0 Å². The molecular formula is C56H98N16O13. The number of aliphatic hydroxyl groups excluding tert-OH is 2. The zero-order valence-corrected chi connectivity index (χ0v) is 50.2. The van der Waals surface area contributed by atoms with E-state index in [4.69, 9.17) is 28.7 Å². The monoisotopic (exact) mass is 1200 g/mol. The number of rotatable bonds is 29. The number of amides is 11. The van der Waals surface area contributed by atoms with Crippen LogP contribution >= 0.6 is 0 Å². The predicted octanol–water partition coefficient (Wildman–Crippen LogP) is -5.24. The summed E-state index contributed by atoms with van der Waals surface area (Å²) in [6.07, 6.45) is -1.05. The molecule has 0 radical (unpaired) electrons. The minimum atomic E-state index is -1.70. The van der Waals surface area contributed by atoms with Gasteiger partial charge in [0.05, 0.1) is 12.2 Å². The molecule has 23 N–H and O–H groups in total. The van der Waals surface area contributed by atoms with Crippen LogP contribution in [0.15, 0.2) is 30.3 Å². The van der Waals surface area contributed by atoms with Crippen molar-refractivity contribution in [2.75, 3.05) is 39.3 Å². The molecule has 1 unspecified atom stereocenters. The number of unbranched alkanes of at least 4 members (excludes halogenated alkanes) is 1. The van der Waals surface area contributed by atoms with Crippen molar-refractivity contribution in [2.45, 2.75) is 198 Å². The van der Waals surface area contributed by atoms with Gasteiger partial charge in [-0.1, -0.05) is 77.3 Å². The number of nitrogens with two attached hydrogens (primary N) is 5. The van der Waals surface area contributed by atoms with Gasteiger partial charge in [0.2, 0.25) is 65.0 Å². The van der Waals surface area contributed by atoms with Gasteiger partial charge in [0.15, 0.2) is 0 Å². The Balaban J connectivity index is 2.67. The normalized spacial score (nSPS) is 22.9. The summed E-state index contributed by atoms with van der Waals surface area (Å²) >= 11 is 0. The fraction of sp³-hybridized carbons (Fsp3) is 0.696. The van der Waals surface area contributed by atoms with Crippen LogP contribution in [0, 0.1) is 11.8 Å². The van der Waals surface area contributed by atoms with Crippen LogP contribution in [-0.4, -0.2) is 187 Å². The third-order valence-electron chi connectivity index (χ3n) is 14.3. The van der Waals surface area contributed by atoms with Gasteiger partial charge in [0.1, 0.15) is 60.4 Å². The van der Waals surface area contributed by atoms with Crippen LogP contribution in [-0.2, 0) is 59.2 Å². The molecule has 0 bridgehead atoms. The fourth-order valence-corrected chi connectivity index (χ4v) is 9.12. The summed E-state index contributed by atoms with van der Waals surface area (Å²) in [7, 11) is 0. The molecule has 1 fully saturated rings. The number of aliphatic hydroxyl groups is 2. The van der Waals surface area contributed by atoms with Crippen molar-refractivity contribution in [3.63, 3.8) is 0 Å². The average molecular weight is 1200 g/mol. The van der Waals surface area contributed by atoms with E-state index in [1.165, 1.54) is 13.8 Å². The van der Waals surface area contributed by atoms with E-state index in [9.17, 15) is 63.0 Å². The molecule has 1 saturated heterocycles. The van der Waals surface area contributed by atoms with Gasteiger partial charge in [-0.05, 0) is 115 Å². The number of carbonyl (C=O) groups excluding carboxylic acids is 11. The molecule has 0 aliphatic carbocycles. The SMILES string of the molecule is CC[C@H](C)CCCCC(=O)N[C@@H](CCN)C(=O)N[C@H](C(=O)NC(CCN)C(=O)N[C@H]1CCNC(=O)[C@H]([C@@H](C)O)NC(=O)[C@H](CCN)NC(=O)[C@H](CCN)NC(=O)[C@H](CC(C)C)NC(=O)[C@@H](Cc2ccccc2)NC(=O)[C@@H](CCN)NC1=O)[C@@H](C)O. The van der Waals surface area contributed by atoms with Crippen molar-refractivity contribution in [2.24, 2.45) is 40.5 Å². The first-order chi connectivity index (χ1) is 40.3. The Kier molecular flexibility index (Phi) is 34.6. The maximum Gasteiger partial charge on any atom is 0.245 e. The quantitative estimate of drug-likeness (QED) is 0.0333. The summed E-state index contributed by atoms with van der Waals surface area (Å²) in [5.74, 6) is -9.45. The Morgan fingerprint density at radius 1 is 0.565 bits per heavy atom. The molecule has 480 valence electrons. The topological polar surface area (TPSA) is 491 Å². The molecule has 2 rings (SSSR count). The number of nitrogens with one attached hydrogen (secondary N) is 11. The van der Waals surface area contributed by atoms with Crippen molar-refractivity contribution in [1.29, 1.82) is 0 Å². The smallest absolute Gasteiger partial charge is 0.245 e. The van der Waals surface area contributed by atoms with Crippen LogP contribution in [0.5, 0.6) is 0 Å². The molecule has 0 aromatic heterocycles. The number of benzene rings is 1. The van der Waals surface area contributed by atoms with Crippen LogP contribution in [0.2, 0.25) is 0 Å². The van der Waals surface area contributed by atoms with Crippen LogP contribution in [0.1, 0.15) is 124 Å². The lowest BCUT2D eigenvalue weighted by atomic mass is 10.00. The van der Waals surface area contributed by atoms with Gasteiger partial charge in [-0.25, -0.2) is 0 Å². The highest BCUT2D eigenvalue weighted by molar-refractivity contribution is 5.99. The molecule has 1 heterocycles. The Morgan fingerprint density at radius 3 is 1.56 bits per heavy atom. The zero-order valence-electron chi connectivity index (χ0n) is 50.2. The number of hydrogen-bond donors (Lipinski definition) is 18. The molecule has 1 aromatic rings. The third-order valence-corrected chi connectivity index (χ3v) is 14.3. The minimum absolute atomic E-state index is 0.0173. The molecule has 29 heteroatoms. The molecule has 29 nitrogen and oxygen atoms in total. The average Bonchev–Trinajstić information content (AvgIpc) is 3.67. The van der Waals surface area contributed by atoms with E-state index in [1.807, 2.05) is 0 Å². The van der Waals surface area contributed by atoms with E-state index >= 15 is 0 Å². The highest BCUT2D eigenvalue weighted by atomic mass is 16.3. The number of hydrogen-bond acceptors (Lipinski definition) is 18. The Bertz CT molecular complexity index is 2320. The standard InChI is InChI=1S/C56H98N16O13/c1-7-32(4)13-11-12-16-44(75)63-36(17-23-57)51(80)72-46(34(6)74)56(85)68-39(20-26-60)48(77)67-41-22-28-62-55(84)45(33(5)73)71-52(81)40(21-27-61)65-47(76)37(18-24-58)66-53(82)42(29-31(2)3)69-54(83)43(30-35-14-9-8-10-15-35)70-49(78)38(19-25-59)64-50(41)79/h8-10,14-15,31-34,36-43,45-46,73-74H,7,11-13,16-30,57-61H2,1-6H3,(H,62,84)(H,63,75)(H,64,79)(H,65,76)(H,66,82)(H,67,77)(H,68,85)(H,69,83)(H,70,78)(H,71,81)(H,72,80)/t32-,33+,34+,36-,37-,38+,39?,40-,41-,42-,43+,45-,46-/m0/s1. The van der Waals surface area contributed by atoms with Gasteiger partial charge in [0.25, 0.3) is 0 Å². The van der Waals surface area contributed by atoms with E-state index < -0.39 is 151 Å². The second-order valence-electron chi connectivity index (χ2n) is 22.0. The Morgan fingerprint density at radius 2 is 1.06 bits per heavy atom. The van der Waals surface area contributed by atoms with E-state index in [0.717, 1.165) is 19.3 Å². The van der Waals surface area contributed by atoms with Gasteiger partial charge < -0.3 is 97.4 Å². The van der Waals surface area contributed by atoms with Crippen molar-refractivity contribution in [3.05, 3.63) is 35.9 Å². The molecule has 0 spiro atoms. The lowest BCUT2D eigenvalue weighted by molar-refractivity contribution is -0.137. The maximum absolute atomic E-state index is 14.5. The largest absolute Gasteiger partial charge is 0.391 e. The van der Waals surface area contributed by atoms with E-state index in [0.29, 0.717) is 17.9 Å². The second-order valence-corrected chi connectivity index (χ2v) is 22.0. The van der Waals surface area contributed by atoms with Crippen LogP contribution in [0.4, 0.5) is 0 Å². The maximum atomic E-state index is 14.5.